The Morgan fingerprint density at radius 3 is 2.94 bits per heavy atom. The van der Waals surface area contributed by atoms with Crippen molar-refractivity contribution in [3.63, 3.8) is 0 Å². The number of rotatable bonds is 4. The van der Waals surface area contributed by atoms with Gasteiger partial charge in [-0.3, -0.25) is 4.79 Å². The van der Waals surface area contributed by atoms with Crippen molar-refractivity contribution >= 4 is 5.97 Å². The summed E-state index contributed by atoms with van der Waals surface area (Å²) in [6.45, 7) is 1.99. The standard InChI is InChI=1S/C12H14N4O2/c1-8-4-3-5-9(6-8)10(7-11(17)18-2)12-13-15-16-14-12/h3-6,10H,7H2,1-2H3,(H,13,14,15,16). The largest absolute Gasteiger partial charge is 0.469 e. The van der Waals surface area contributed by atoms with Crippen molar-refractivity contribution in [3.05, 3.63) is 41.2 Å². The molecule has 1 heterocycles. The Kier molecular flexibility index (Phi) is 3.66. The van der Waals surface area contributed by atoms with Gasteiger partial charge >= 0.3 is 5.97 Å². The van der Waals surface area contributed by atoms with Gasteiger partial charge < -0.3 is 4.74 Å². The van der Waals surface area contributed by atoms with Gasteiger partial charge in [0, 0.05) is 0 Å². The van der Waals surface area contributed by atoms with Gasteiger partial charge in [0.25, 0.3) is 0 Å². The number of ether oxygens (including phenoxy) is 1. The minimum absolute atomic E-state index is 0.194. The van der Waals surface area contributed by atoms with E-state index < -0.39 is 0 Å². The molecular formula is C12H14N4O2. The lowest BCUT2D eigenvalue weighted by Gasteiger charge is -2.12. The maximum atomic E-state index is 11.5. The summed E-state index contributed by atoms with van der Waals surface area (Å²) in [7, 11) is 1.37. The van der Waals surface area contributed by atoms with Crippen molar-refractivity contribution in [3.8, 4) is 0 Å². The van der Waals surface area contributed by atoms with Crippen LogP contribution in [0.25, 0.3) is 0 Å². The summed E-state index contributed by atoms with van der Waals surface area (Å²) < 4.78 is 4.71. The molecule has 6 heteroatoms. The first kappa shape index (κ1) is 12.2. The molecule has 6 nitrogen and oxygen atoms in total. The summed E-state index contributed by atoms with van der Waals surface area (Å²) >= 11 is 0. The Morgan fingerprint density at radius 1 is 1.50 bits per heavy atom. The maximum Gasteiger partial charge on any atom is 0.306 e. The molecule has 2 aromatic rings. The van der Waals surface area contributed by atoms with Crippen LogP contribution < -0.4 is 0 Å². The van der Waals surface area contributed by atoms with Crippen molar-refractivity contribution in [1.82, 2.24) is 20.6 Å². The van der Waals surface area contributed by atoms with Crippen molar-refractivity contribution in [2.75, 3.05) is 7.11 Å². The van der Waals surface area contributed by atoms with E-state index in [1.807, 2.05) is 31.2 Å². The van der Waals surface area contributed by atoms with E-state index in [4.69, 9.17) is 4.74 Å². The molecule has 1 unspecified atom stereocenters. The van der Waals surface area contributed by atoms with Crippen molar-refractivity contribution in [1.29, 1.82) is 0 Å². The van der Waals surface area contributed by atoms with Crippen LogP contribution in [-0.4, -0.2) is 33.7 Å². The number of methoxy groups -OCH3 is 1. The number of benzene rings is 1. The van der Waals surface area contributed by atoms with Crippen molar-refractivity contribution < 1.29 is 9.53 Å². The molecule has 0 fully saturated rings. The number of carbonyl (C=O) groups is 1. The first-order valence-corrected chi connectivity index (χ1v) is 5.57. The highest BCUT2D eigenvalue weighted by Crippen LogP contribution is 2.25. The first-order valence-electron chi connectivity index (χ1n) is 5.57. The molecule has 0 aliphatic heterocycles. The maximum absolute atomic E-state index is 11.5. The first-order chi connectivity index (χ1) is 8.70. The van der Waals surface area contributed by atoms with Crippen LogP contribution in [0.1, 0.15) is 29.3 Å². The molecule has 18 heavy (non-hydrogen) atoms. The number of carbonyl (C=O) groups excluding carboxylic acids is 1. The molecule has 1 atom stereocenters. The van der Waals surface area contributed by atoms with E-state index in [1.165, 1.54) is 7.11 Å². The van der Waals surface area contributed by atoms with Crippen molar-refractivity contribution in [2.45, 2.75) is 19.3 Å². The van der Waals surface area contributed by atoms with Crippen LogP contribution in [0, 0.1) is 6.92 Å². The Labute approximate surface area is 104 Å². The Hall–Kier alpha value is -2.24. The Balaban J connectivity index is 2.33. The fourth-order valence-electron chi connectivity index (χ4n) is 1.81. The van der Waals surface area contributed by atoms with E-state index in [9.17, 15) is 4.79 Å². The van der Waals surface area contributed by atoms with Crippen LogP contribution in [0.4, 0.5) is 0 Å². The van der Waals surface area contributed by atoms with Gasteiger partial charge in [0.2, 0.25) is 0 Å². The molecule has 2 rings (SSSR count). The van der Waals surface area contributed by atoms with Crippen LogP contribution in [0.5, 0.6) is 0 Å². The molecule has 94 valence electrons. The lowest BCUT2D eigenvalue weighted by molar-refractivity contribution is -0.140. The van der Waals surface area contributed by atoms with E-state index in [1.54, 1.807) is 0 Å². The number of nitrogens with zero attached hydrogens (tertiary/aromatic N) is 3. The highest BCUT2D eigenvalue weighted by atomic mass is 16.5. The second kappa shape index (κ2) is 5.39. The second-order valence-electron chi connectivity index (χ2n) is 4.02. The highest BCUT2D eigenvalue weighted by molar-refractivity contribution is 5.71. The number of aryl methyl sites for hydroxylation is 1. The molecule has 0 spiro atoms. The minimum atomic E-state index is -0.300. The van der Waals surface area contributed by atoms with Gasteiger partial charge in [-0.2, -0.15) is 5.21 Å². The number of hydrogen-bond acceptors (Lipinski definition) is 5. The van der Waals surface area contributed by atoms with Gasteiger partial charge in [0.05, 0.1) is 19.4 Å². The third kappa shape index (κ3) is 2.71. The summed E-state index contributed by atoms with van der Waals surface area (Å²) in [5.74, 6) is -0.0478. The van der Waals surface area contributed by atoms with E-state index in [-0.39, 0.29) is 18.3 Å². The topological polar surface area (TPSA) is 80.8 Å². The van der Waals surface area contributed by atoms with Gasteiger partial charge in [-0.25, -0.2) is 0 Å². The number of H-pyrrole nitrogens is 1. The smallest absolute Gasteiger partial charge is 0.306 e. The fourth-order valence-corrected chi connectivity index (χ4v) is 1.81. The monoisotopic (exact) mass is 246 g/mol. The van der Waals surface area contributed by atoms with Crippen LogP contribution in [-0.2, 0) is 9.53 Å². The zero-order valence-corrected chi connectivity index (χ0v) is 10.3. The van der Waals surface area contributed by atoms with Gasteiger partial charge in [-0.05, 0) is 12.5 Å². The number of tetrazole rings is 1. The molecule has 0 aliphatic carbocycles. The van der Waals surface area contributed by atoms with Gasteiger partial charge in [-0.1, -0.05) is 35.0 Å². The minimum Gasteiger partial charge on any atom is -0.469 e. The summed E-state index contributed by atoms with van der Waals surface area (Å²) in [6.07, 6.45) is 0.194. The molecule has 1 N–H and O–H groups in total. The van der Waals surface area contributed by atoms with E-state index in [0.29, 0.717) is 5.82 Å². The van der Waals surface area contributed by atoms with E-state index >= 15 is 0 Å². The average Bonchev–Trinajstić information content (AvgIpc) is 2.89. The van der Waals surface area contributed by atoms with Gasteiger partial charge in [0.1, 0.15) is 0 Å². The lowest BCUT2D eigenvalue weighted by atomic mass is 9.94. The molecule has 1 aromatic heterocycles. The highest BCUT2D eigenvalue weighted by Gasteiger charge is 2.22. The van der Waals surface area contributed by atoms with Crippen LogP contribution in [0.3, 0.4) is 0 Å². The Bertz CT molecular complexity index is 525. The third-order valence-electron chi connectivity index (χ3n) is 2.72. The van der Waals surface area contributed by atoms with Crippen molar-refractivity contribution in [2.24, 2.45) is 0 Å². The summed E-state index contributed by atoms with van der Waals surface area (Å²) in [6, 6.07) is 7.88. The molecule has 0 radical (unpaired) electrons. The lowest BCUT2D eigenvalue weighted by Crippen LogP contribution is -2.11. The predicted octanol–water partition coefficient (Wildman–Crippen LogP) is 1.20. The molecular weight excluding hydrogens is 232 g/mol. The molecule has 0 saturated carbocycles. The zero-order valence-electron chi connectivity index (χ0n) is 10.3. The quantitative estimate of drug-likeness (QED) is 0.820. The number of hydrogen-bond donors (Lipinski definition) is 1. The summed E-state index contributed by atoms with van der Waals surface area (Å²) in [5, 5.41) is 13.8. The Morgan fingerprint density at radius 2 is 2.33 bits per heavy atom. The number of nitrogens with one attached hydrogen (secondary N) is 1. The molecule has 0 amide bonds. The van der Waals surface area contributed by atoms with Crippen LogP contribution in [0.15, 0.2) is 24.3 Å². The zero-order chi connectivity index (χ0) is 13.0. The normalized spacial score (nSPS) is 12.1. The van der Waals surface area contributed by atoms with Crippen LogP contribution >= 0.6 is 0 Å². The van der Waals surface area contributed by atoms with Gasteiger partial charge in [0.15, 0.2) is 5.82 Å². The molecule has 0 bridgehead atoms. The van der Waals surface area contributed by atoms with Crippen LogP contribution in [0.2, 0.25) is 0 Å². The molecule has 0 aliphatic rings. The summed E-state index contributed by atoms with van der Waals surface area (Å²) in [5.41, 5.74) is 2.09. The van der Waals surface area contributed by atoms with E-state index in [2.05, 4.69) is 20.6 Å². The molecule has 1 aromatic carbocycles. The number of esters is 1. The predicted molar refractivity (Wildman–Crippen MR) is 63.8 cm³/mol. The third-order valence-corrected chi connectivity index (χ3v) is 2.72. The van der Waals surface area contributed by atoms with E-state index in [0.717, 1.165) is 11.1 Å². The fraction of sp³-hybridized carbons (Fsp3) is 0.333. The summed E-state index contributed by atoms with van der Waals surface area (Å²) in [4.78, 5) is 11.5. The number of aromatic amines is 1. The average molecular weight is 246 g/mol. The molecule has 0 saturated heterocycles. The van der Waals surface area contributed by atoms with Gasteiger partial charge in [-0.15, -0.1) is 10.2 Å². The second-order valence-corrected chi connectivity index (χ2v) is 4.02. The number of aromatic nitrogens is 4. The SMILES string of the molecule is COC(=O)CC(c1cccc(C)c1)c1nn[nH]n1.